The number of para-hydroxylation sites is 2. The molecule has 0 N–H and O–H groups in total. The summed E-state index contributed by atoms with van der Waals surface area (Å²) in [6, 6.07) is 25.3. The van der Waals surface area contributed by atoms with Gasteiger partial charge in [-0.15, -0.1) is 0 Å². The molecule has 0 aliphatic carbocycles. The van der Waals surface area contributed by atoms with Crippen molar-refractivity contribution in [1.82, 2.24) is 0 Å². The van der Waals surface area contributed by atoms with Gasteiger partial charge in [0.25, 0.3) is 5.69 Å². The number of carbonyl (C=O) groups is 1. The van der Waals surface area contributed by atoms with Gasteiger partial charge in [0.2, 0.25) is 5.91 Å². The quantitative estimate of drug-likeness (QED) is 0.471. The number of non-ortho nitro benzene ring substituents is 1. The third-order valence-corrected chi connectivity index (χ3v) is 4.05. The van der Waals surface area contributed by atoms with Crippen LogP contribution in [-0.4, -0.2) is 10.8 Å². The van der Waals surface area contributed by atoms with Gasteiger partial charge in [-0.2, -0.15) is 0 Å². The minimum atomic E-state index is -0.429. The van der Waals surface area contributed by atoms with Crippen LogP contribution >= 0.6 is 0 Å². The van der Waals surface area contributed by atoms with Crippen LogP contribution in [0.25, 0.3) is 0 Å². The van der Waals surface area contributed by atoms with E-state index in [0.29, 0.717) is 12.8 Å². The smallest absolute Gasteiger partial charge is 0.269 e. The fourth-order valence-corrected chi connectivity index (χ4v) is 2.74. The van der Waals surface area contributed by atoms with E-state index in [1.54, 1.807) is 17.0 Å². The number of aryl methyl sites for hydroxylation is 1. The van der Waals surface area contributed by atoms with Gasteiger partial charge in [-0.1, -0.05) is 48.5 Å². The molecule has 0 unspecified atom stereocenters. The normalized spacial score (nSPS) is 10.3. The Bertz CT molecular complexity index is 839. The lowest BCUT2D eigenvalue weighted by molar-refractivity contribution is -0.384. The predicted molar refractivity (Wildman–Crippen MR) is 101 cm³/mol. The third-order valence-electron chi connectivity index (χ3n) is 4.05. The first-order chi connectivity index (χ1) is 12.6. The second-order valence-electron chi connectivity index (χ2n) is 5.82. The van der Waals surface area contributed by atoms with E-state index in [1.165, 1.54) is 12.1 Å². The van der Waals surface area contributed by atoms with Gasteiger partial charge in [-0.3, -0.25) is 19.8 Å². The summed E-state index contributed by atoms with van der Waals surface area (Å²) in [4.78, 5) is 24.9. The molecule has 0 saturated heterocycles. The van der Waals surface area contributed by atoms with E-state index >= 15 is 0 Å². The monoisotopic (exact) mass is 346 g/mol. The van der Waals surface area contributed by atoms with Crippen LogP contribution in [0, 0.1) is 10.1 Å². The fraction of sp³-hybridized carbons (Fsp3) is 0.0952. The lowest BCUT2D eigenvalue weighted by Crippen LogP contribution is -2.26. The Kier molecular flexibility index (Phi) is 5.39. The first kappa shape index (κ1) is 17.4. The highest BCUT2D eigenvalue weighted by Crippen LogP contribution is 2.26. The number of nitro benzene ring substituents is 1. The van der Waals surface area contributed by atoms with Crippen molar-refractivity contribution in [2.75, 3.05) is 4.90 Å². The SMILES string of the molecule is O=C(CCc1ccc([N+](=O)[O-])cc1)N(c1ccccc1)c1ccccc1. The first-order valence-corrected chi connectivity index (χ1v) is 8.31. The molecule has 5 nitrogen and oxygen atoms in total. The number of anilines is 2. The van der Waals surface area contributed by atoms with Gasteiger partial charge < -0.3 is 0 Å². The molecular weight excluding hydrogens is 328 g/mol. The van der Waals surface area contributed by atoms with Crippen LogP contribution in [0.5, 0.6) is 0 Å². The summed E-state index contributed by atoms with van der Waals surface area (Å²) < 4.78 is 0. The molecule has 0 aromatic heterocycles. The van der Waals surface area contributed by atoms with E-state index in [-0.39, 0.29) is 11.6 Å². The maximum atomic E-state index is 12.9. The Balaban J connectivity index is 1.77. The van der Waals surface area contributed by atoms with Gasteiger partial charge in [-0.05, 0) is 36.2 Å². The molecule has 3 aromatic carbocycles. The van der Waals surface area contributed by atoms with Crippen molar-refractivity contribution in [3.8, 4) is 0 Å². The van der Waals surface area contributed by atoms with Gasteiger partial charge in [0.05, 0.1) is 4.92 Å². The average molecular weight is 346 g/mol. The number of nitrogens with zero attached hydrogens (tertiary/aromatic N) is 2. The zero-order valence-electron chi connectivity index (χ0n) is 14.1. The lowest BCUT2D eigenvalue weighted by Gasteiger charge is -2.23. The van der Waals surface area contributed by atoms with Crippen LogP contribution in [0.15, 0.2) is 84.9 Å². The van der Waals surface area contributed by atoms with Crippen LogP contribution in [0.4, 0.5) is 17.1 Å². The summed E-state index contributed by atoms with van der Waals surface area (Å²) in [5, 5.41) is 10.7. The van der Waals surface area contributed by atoms with E-state index in [1.807, 2.05) is 60.7 Å². The molecular formula is C21H18N2O3. The molecule has 0 saturated carbocycles. The molecule has 0 bridgehead atoms. The van der Waals surface area contributed by atoms with Gasteiger partial charge in [0.1, 0.15) is 0 Å². The highest BCUT2D eigenvalue weighted by Gasteiger charge is 2.17. The number of amides is 1. The predicted octanol–water partition coefficient (Wildman–Crippen LogP) is 4.89. The van der Waals surface area contributed by atoms with Gasteiger partial charge in [0.15, 0.2) is 0 Å². The second-order valence-corrected chi connectivity index (χ2v) is 5.82. The zero-order valence-corrected chi connectivity index (χ0v) is 14.1. The van der Waals surface area contributed by atoms with Gasteiger partial charge in [0, 0.05) is 29.9 Å². The van der Waals surface area contributed by atoms with E-state index in [2.05, 4.69) is 0 Å². The first-order valence-electron chi connectivity index (χ1n) is 8.31. The maximum absolute atomic E-state index is 12.9. The van der Waals surface area contributed by atoms with Gasteiger partial charge >= 0.3 is 0 Å². The largest absolute Gasteiger partial charge is 0.281 e. The minimum absolute atomic E-state index is 0.0271. The molecule has 0 fully saturated rings. The van der Waals surface area contributed by atoms with E-state index in [9.17, 15) is 14.9 Å². The summed E-state index contributed by atoms with van der Waals surface area (Å²) in [6.07, 6.45) is 0.828. The highest BCUT2D eigenvalue weighted by molar-refractivity contribution is 6.00. The van der Waals surface area contributed by atoms with E-state index < -0.39 is 4.92 Å². The molecule has 5 heteroatoms. The molecule has 3 rings (SSSR count). The fourth-order valence-electron chi connectivity index (χ4n) is 2.74. The molecule has 0 radical (unpaired) electrons. The third kappa shape index (κ3) is 4.13. The topological polar surface area (TPSA) is 63.4 Å². The van der Waals surface area contributed by atoms with Crippen molar-refractivity contribution < 1.29 is 9.72 Å². The Morgan fingerprint density at radius 1 is 0.808 bits per heavy atom. The van der Waals surface area contributed by atoms with E-state index in [0.717, 1.165) is 16.9 Å². The lowest BCUT2D eigenvalue weighted by atomic mass is 10.1. The molecule has 130 valence electrons. The maximum Gasteiger partial charge on any atom is 0.269 e. The molecule has 0 atom stereocenters. The number of hydrogen-bond donors (Lipinski definition) is 0. The van der Waals surface area contributed by atoms with Crippen LogP contribution in [0.1, 0.15) is 12.0 Å². The Morgan fingerprint density at radius 3 is 1.77 bits per heavy atom. The van der Waals surface area contributed by atoms with Crippen LogP contribution in [0.3, 0.4) is 0 Å². The van der Waals surface area contributed by atoms with Crippen LogP contribution in [0.2, 0.25) is 0 Å². The average Bonchev–Trinajstić information content (AvgIpc) is 2.68. The summed E-state index contributed by atoms with van der Waals surface area (Å²) in [6.45, 7) is 0. The van der Waals surface area contributed by atoms with Crippen molar-refractivity contribution in [2.45, 2.75) is 12.8 Å². The standard InChI is InChI=1S/C21H18N2O3/c24-21(16-13-17-11-14-20(15-12-17)23(25)26)22(18-7-3-1-4-8-18)19-9-5-2-6-10-19/h1-12,14-15H,13,16H2. The number of rotatable bonds is 6. The van der Waals surface area contributed by atoms with Crippen molar-refractivity contribution in [1.29, 1.82) is 0 Å². The minimum Gasteiger partial charge on any atom is -0.281 e. The number of benzene rings is 3. The Hall–Kier alpha value is -3.47. The van der Waals surface area contributed by atoms with Crippen molar-refractivity contribution in [3.05, 3.63) is 101 Å². The molecule has 0 spiro atoms. The van der Waals surface area contributed by atoms with Crippen molar-refractivity contribution in [2.24, 2.45) is 0 Å². The number of hydrogen-bond acceptors (Lipinski definition) is 3. The van der Waals surface area contributed by atoms with E-state index in [4.69, 9.17) is 0 Å². The molecule has 3 aromatic rings. The second kappa shape index (κ2) is 8.07. The van der Waals surface area contributed by atoms with Crippen LogP contribution in [-0.2, 0) is 11.2 Å². The van der Waals surface area contributed by atoms with Gasteiger partial charge in [-0.25, -0.2) is 0 Å². The molecule has 0 aliphatic heterocycles. The van der Waals surface area contributed by atoms with Crippen molar-refractivity contribution in [3.63, 3.8) is 0 Å². The molecule has 26 heavy (non-hydrogen) atoms. The molecule has 0 heterocycles. The van der Waals surface area contributed by atoms with Crippen LogP contribution < -0.4 is 4.90 Å². The Morgan fingerprint density at radius 2 is 1.31 bits per heavy atom. The Labute approximate surface area is 151 Å². The summed E-state index contributed by atoms with van der Waals surface area (Å²) in [7, 11) is 0. The molecule has 0 aliphatic rings. The van der Waals surface area contributed by atoms with Crippen molar-refractivity contribution >= 4 is 23.0 Å². The highest BCUT2D eigenvalue weighted by atomic mass is 16.6. The molecule has 1 amide bonds. The zero-order chi connectivity index (χ0) is 18.4. The summed E-state index contributed by atoms with van der Waals surface area (Å²) in [5.74, 6) is -0.0271. The summed E-state index contributed by atoms with van der Waals surface area (Å²) in [5.41, 5.74) is 2.57. The number of nitro groups is 1. The number of carbonyl (C=O) groups excluding carboxylic acids is 1. The summed E-state index contributed by atoms with van der Waals surface area (Å²) >= 11 is 0.